The largest absolute Gasteiger partial charge is 0.394 e. The molecule has 0 spiro atoms. The summed E-state index contributed by atoms with van der Waals surface area (Å²) in [4.78, 5) is 0. The molecule has 0 radical (unpaired) electrons. The number of aromatic nitrogens is 2. The van der Waals surface area contributed by atoms with E-state index < -0.39 is 5.54 Å². The highest BCUT2D eigenvalue weighted by Gasteiger charge is 2.40. The van der Waals surface area contributed by atoms with Crippen LogP contribution in [-0.4, -0.2) is 21.9 Å². The minimum atomic E-state index is -0.606. The lowest BCUT2D eigenvalue weighted by atomic mass is 9.72. The molecule has 0 aliphatic heterocycles. The Morgan fingerprint density at radius 3 is 3.07 bits per heavy atom. The van der Waals surface area contributed by atoms with Gasteiger partial charge in [-0.25, -0.2) is 0 Å². The summed E-state index contributed by atoms with van der Waals surface area (Å²) in [5.41, 5.74) is 8.68. The lowest BCUT2D eigenvalue weighted by Gasteiger charge is -2.38. The van der Waals surface area contributed by atoms with Crippen LogP contribution in [0.5, 0.6) is 0 Å². The van der Waals surface area contributed by atoms with Gasteiger partial charge in [-0.2, -0.15) is 5.10 Å². The van der Waals surface area contributed by atoms with E-state index in [1.165, 1.54) is 0 Å². The smallest absolute Gasteiger partial charge is 0.0706 e. The first-order valence-electron chi connectivity index (χ1n) is 5.03. The molecule has 1 heterocycles. The highest BCUT2D eigenvalue weighted by atomic mass is 16.3. The molecule has 2 atom stereocenters. The van der Waals surface area contributed by atoms with Gasteiger partial charge in [-0.05, 0) is 25.7 Å². The molecule has 78 valence electrons. The number of rotatable bonds is 1. The highest BCUT2D eigenvalue weighted by molar-refractivity contribution is 5.35. The quantitative estimate of drug-likeness (QED) is 0.609. The van der Waals surface area contributed by atoms with Gasteiger partial charge in [0.2, 0.25) is 0 Å². The number of H-pyrrole nitrogens is 1. The predicted molar refractivity (Wildman–Crippen MR) is 53.8 cm³/mol. The summed E-state index contributed by atoms with van der Waals surface area (Å²) in [7, 11) is 0. The van der Waals surface area contributed by atoms with Crippen LogP contribution in [0.1, 0.15) is 30.3 Å². The van der Waals surface area contributed by atoms with Crippen molar-refractivity contribution in [1.29, 1.82) is 0 Å². The van der Waals surface area contributed by atoms with Crippen LogP contribution >= 0.6 is 0 Å². The second-order valence-corrected chi connectivity index (χ2v) is 4.31. The van der Waals surface area contributed by atoms with Gasteiger partial charge in [0.05, 0.1) is 17.8 Å². The number of aromatic amines is 1. The molecular weight excluding hydrogens is 178 g/mol. The molecule has 0 fully saturated rings. The molecule has 1 aliphatic carbocycles. The average Bonchev–Trinajstić information content (AvgIpc) is 2.55. The average molecular weight is 195 g/mol. The topological polar surface area (TPSA) is 74.9 Å². The third kappa shape index (κ3) is 1.11. The van der Waals surface area contributed by atoms with Crippen molar-refractivity contribution in [2.45, 2.75) is 32.2 Å². The lowest BCUT2D eigenvalue weighted by Crippen LogP contribution is -2.49. The van der Waals surface area contributed by atoms with E-state index in [-0.39, 0.29) is 6.61 Å². The molecule has 4 heteroatoms. The molecule has 1 aromatic rings. The Bertz CT molecular complexity index is 347. The second kappa shape index (κ2) is 3.07. The Morgan fingerprint density at radius 2 is 2.43 bits per heavy atom. The maximum Gasteiger partial charge on any atom is 0.0706 e. The van der Waals surface area contributed by atoms with Crippen LogP contribution in [0.2, 0.25) is 0 Å². The molecule has 4 nitrogen and oxygen atoms in total. The normalized spacial score (nSPS) is 31.6. The zero-order valence-corrected chi connectivity index (χ0v) is 8.67. The molecule has 1 aliphatic rings. The number of nitrogens with one attached hydrogen (secondary N) is 1. The number of aryl methyl sites for hydroxylation is 2. The zero-order chi connectivity index (χ0) is 10.3. The summed E-state index contributed by atoms with van der Waals surface area (Å²) in [6, 6.07) is 0. The molecule has 1 aromatic heterocycles. The van der Waals surface area contributed by atoms with Crippen molar-refractivity contribution in [3.63, 3.8) is 0 Å². The zero-order valence-electron chi connectivity index (χ0n) is 8.67. The number of aliphatic hydroxyl groups is 1. The summed E-state index contributed by atoms with van der Waals surface area (Å²) < 4.78 is 0. The summed E-state index contributed by atoms with van der Waals surface area (Å²) in [5, 5.41) is 16.6. The number of fused-ring (bicyclic) bond motifs is 1. The van der Waals surface area contributed by atoms with E-state index in [9.17, 15) is 5.11 Å². The molecular formula is C10H17N3O. The molecule has 2 unspecified atom stereocenters. The fraction of sp³-hybridized carbons (Fsp3) is 0.700. The van der Waals surface area contributed by atoms with Gasteiger partial charge in [-0.1, -0.05) is 6.92 Å². The van der Waals surface area contributed by atoms with E-state index in [2.05, 4.69) is 17.1 Å². The third-order valence-corrected chi connectivity index (χ3v) is 3.44. The van der Waals surface area contributed by atoms with Gasteiger partial charge in [0, 0.05) is 11.3 Å². The van der Waals surface area contributed by atoms with Crippen LogP contribution < -0.4 is 5.73 Å². The van der Waals surface area contributed by atoms with Gasteiger partial charge in [-0.15, -0.1) is 0 Å². The van der Waals surface area contributed by atoms with Crippen LogP contribution in [0.4, 0.5) is 0 Å². The van der Waals surface area contributed by atoms with Gasteiger partial charge in [0.1, 0.15) is 0 Å². The Labute approximate surface area is 83.5 Å². The minimum absolute atomic E-state index is 0.0124. The first kappa shape index (κ1) is 9.68. The molecule has 0 saturated heterocycles. The Morgan fingerprint density at radius 1 is 1.71 bits per heavy atom. The molecule has 0 bridgehead atoms. The van der Waals surface area contributed by atoms with E-state index in [1.54, 1.807) is 0 Å². The van der Waals surface area contributed by atoms with E-state index in [0.29, 0.717) is 5.92 Å². The monoisotopic (exact) mass is 195 g/mol. The van der Waals surface area contributed by atoms with Crippen molar-refractivity contribution in [2.75, 3.05) is 6.61 Å². The number of nitrogens with zero attached hydrogens (tertiary/aromatic N) is 1. The van der Waals surface area contributed by atoms with Gasteiger partial charge in [0.25, 0.3) is 0 Å². The van der Waals surface area contributed by atoms with Crippen LogP contribution in [0, 0.1) is 12.8 Å². The number of hydrogen-bond donors (Lipinski definition) is 3. The Hall–Kier alpha value is -0.870. The van der Waals surface area contributed by atoms with Gasteiger partial charge < -0.3 is 10.8 Å². The lowest BCUT2D eigenvalue weighted by molar-refractivity contribution is 0.132. The van der Waals surface area contributed by atoms with Gasteiger partial charge in [0.15, 0.2) is 0 Å². The fourth-order valence-corrected chi connectivity index (χ4v) is 2.37. The van der Waals surface area contributed by atoms with Crippen molar-refractivity contribution < 1.29 is 5.11 Å². The highest BCUT2D eigenvalue weighted by Crippen LogP contribution is 2.37. The first-order chi connectivity index (χ1) is 6.59. The number of aliphatic hydroxyl groups excluding tert-OH is 1. The molecule has 0 amide bonds. The fourth-order valence-electron chi connectivity index (χ4n) is 2.37. The SMILES string of the molecule is Cc1[nH]nc2c1C(N)(CO)C(C)CC2. The summed E-state index contributed by atoms with van der Waals surface area (Å²) in [5.74, 6) is 0.302. The molecule has 4 N–H and O–H groups in total. The maximum atomic E-state index is 9.44. The van der Waals surface area contributed by atoms with Crippen molar-refractivity contribution in [3.05, 3.63) is 17.0 Å². The summed E-state index contributed by atoms with van der Waals surface area (Å²) in [6.45, 7) is 4.04. The van der Waals surface area contributed by atoms with Crippen LogP contribution in [0.3, 0.4) is 0 Å². The Balaban J connectivity index is 2.55. The maximum absolute atomic E-state index is 9.44. The standard InChI is InChI=1S/C10H17N3O/c1-6-3-4-8-9(7(2)12-13-8)10(6,11)5-14/h6,14H,3-5,11H2,1-2H3,(H,12,13). The summed E-state index contributed by atoms with van der Waals surface area (Å²) in [6.07, 6.45) is 1.95. The first-order valence-corrected chi connectivity index (χ1v) is 5.03. The second-order valence-electron chi connectivity index (χ2n) is 4.31. The Kier molecular flexibility index (Phi) is 2.12. The number of nitrogens with two attached hydrogens (primary N) is 1. The van der Waals surface area contributed by atoms with E-state index in [1.807, 2.05) is 6.92 Å². The van der Waals surface area contributed by atoms with Crippen LogP contribution in [-0.2, 0) is 12.0 Å². The van der Waals surface area contributed by atoms with Gasteiger partial charge in [-0.3, -0.25) is 5.10 Å². The van der Waals surface area contributed by atoms with Crippen molar-refractivity contribution in [1.82, 2.24) is 10.2 Å². The minimum Gasteiger partial charge on any atom is -0.394 e. The van der Waals surface area contributed by atoms with Crippen molar-refractivity contribution >= 4 is 0 Å². The third-order valence-electron chi connectivity index (χ3n) is 3.44. The van der Waals surface area contributed by atoms with Crippen LogP contribution in [0.25, 0.3) is 0 Å². The molecule has 2 rings (SSSR count). The van der Waals surface area contributed by atoms with E-state index in [4.69, 9.17) is 5.73 Å². The molecule has 0 aromatic carbocycles. The van der Waals surface area contributed by atoms with E-state index in [0.717, 1.165) is 29.8 Å². The van der Waals surface area contributed by atoms with E-state index >= 15 is 0 Å². The van der Waals surface area contributed by atoms with Gasteiger partial charge >= 0.3 is 0 Å². The molecule has 0 saturated carbocycles. The van der Waals surface area contributed by atoms with Crippen molar-refractivity contribution in [3.8, 4) is 0 Å². The predicted octanol–water partition coefficient (Wildman–Crippen LogP) is 0.447. The number of hydrogen-bond acceptors (Lipinski definition) is 3. The van der Waals surface area contributed by atoms with Crippen molar-refractivity contribution in [2.24, 2.45) is 11.7 Å². The summed E-state index contributed by atoms with van der Waals surface area (Å²) >= 11 is 0. The van der Waals surface area contributed by atoms with Crippen LogP contribution in [0.15, 0.2) is 0 Å². The molecule has 14 heavy (non-hydrogen) atoms.